The van der Waals surface area contributed by atoms with Crippen molar-refractivity contribution in [1.82, 2.24) is 4.98 Å². The number of aryl methyl sites for hydroxylation is 2. The maximum atomic E-state index is 12.1. The molecule has 0 radical (unpaired) electrons. The van der Waals surface area contributed by atoms with E-state index in [4.69, 9.17) is 4.74 Å². The fourth-order valence-corrected chi connectivity index (χ4v) is 4.76. The molecule has 140 valence electrons. The molecule has 0 fully saturated rings. The summed E-state index contributed by atoms with van der Waals surface area (Å²) in [5.41, 5.74) is 2.85. The molecule has 9 heteroatoms. The first-order valence-corrected chi connectivity index (χ1v) is 10.2. The van der Waals surface area contributed by atoms with E-state index in [1.165, 1.54) is 0 Å². The summed E-state index contributed by atoms with van der Waals surface area (Å²) in [5.74, 6) is -0.143. The number of carbonyl (C=O) groups is 1. The third kappa shape index (κ3) is 4.41. The van der Waals surface area contributed by atoms with Gasteiger partial charge < -0.3 is 14.8 Å². The third-order valence-electron chi connectivity index (χ3n) is 3.75. The lowest BCUT2D eigenvalue weighted by Gasteiger charge is -2.10. The van der Waals surface area contributed by atoms with Crippen molar-refractivity contribution < 1.29 is 14.6 Å². The average molecular weight is 560 g/mol. The predicted molar refractivity (Wildman–Crippen MR) is 114 cm³/mol. The van der Waals surface area contributed by atoms with Gasteiger partial charge in [-0.1, -0.05) is 22.0 Å². The van der Waals surface area contributed by atoms with E-state index >= 15 is 0 Å². The van der Waals surface area contributed by atoms with Crippen molar-refractivity contribution in [2.24, 2.45) is 10.2 Å². The number of fused-ring (bicyclic) bond motifs is 1. The first-order valence-electron chi connectivity index (χ1n) is 7.80. The summed E-state index contributed by atoms with van der Waals surface area (Å²) in [5, 5.41) is 18.3. The predicted octanol–water partition coefficient (Wildman–Crippen LogP) is 6.47. The van der Waals surface area contributed by atoms with Crippen LogP contribution in [0.4, 0.5) is 5.69 Å². The van der Waals surface area contributed by atoms with Crippen LogP contribution in [0.15, 0.2) is 47.9 Å². The van der Waals surface area contributed by atoms with Crippen LogP contribution in [0.5, 0.6) is 11.6 Å². The Bertz CT molecular complexity index is 1050. The van der Waals surface area contributed by atoms with Crippen molar-refractivity contribution in [2.75, 3.05) is 6.61 Å². The van der Waals surface area contributed by atoms with E-state index in [9.17, 15) is 9.90 Å². The van der Waals surface area contributed by atoms with E-state index in [0.29, 0.717) is 16.7 Å². The lowest BCUT2D eigenvalue weighted by atomic mass is 10.1. The maximum absolute atomic E-state index is 12.1. The quantitative estimate of drug-likeness (QED) is 0.359. The van der Waals surface area contributed by atoms with E-state index in [1.54, 1.807) is 6.07 Å². The first-order chi connectivity index (χ1) is 12.8. The number of aromatic amines is 1. The van der Waals surface area contributed by atoms with Gasteiger partial charge >= 0.3 is 5.91 Å². The molecule has 3 aromatic rings. The SMILES string of the molecule is Cc1cc(C)c(OCC(=O)N=Nc2c(O)[nH]c3c(Br)cc(Br)cc23)c(Br)c1. The van der Waals surface area contributed by atoms with E-state index < -0.39 is 5.91 Å². The minimum Gasteiger partial charge on any atom is -0.493 e. The molecule has 0 spiro atoms. The van der Waals surface area contributed by atoms with Gasteiger partial charge in [0.05, 0.1) is 9.99 Å². The summed E-state index contributed by atoms with van der Waals surface area (Å²) < 4.78 is 7.89. The Hall–Kier alpha value is -1.71. The topological polar surface area (TPSA) is 87.0 Å². The van der Waals surface area contributed by atoms with Crippen molar-refractivity contribution >= 4 is 70.3 Å². The van der Waals surface area contributed by atoms with Gasteiger partial charge in [-0.2, -0.15) is 0 Å². The number of nitrogens with one attached hydrogen (secondary N) is 1. The Morgan fingerprint density at radius 1 is 1.15 bits per heavy atom. The summed E-state index contributed by atoms with van der Waals surface area (Å²) in [6, 6.07) is 7.48. The van der Waals surface area contributed by atoms with Gasteiger partial charge in [-0.25, -0.2) is 0 Å². The van der Waals surface area contributed by atoms with E-state index in [2.05, 4.69) is 63.0 Å². The van der Waals surface area contributed by atoms with Gasteiger partial charge in [0.2, 0.25) is 5.88 Å². The average Bonchev–Trinajstić information content (AvgIpc) is 2.88. The lowest BCUT2D eigenvalue weighted by molar-refractivity contribution is -0.120. The second-order valence-electron chi connectivity index (χ2n) is 5.91. The van der Waals surface area contributed by atoms with Gasteiger partial charge in [0.15, 0.2) is 12.3 Å². The number of hydrogen-bond donors (Lipinski definition) is 2. The molecule has 0 saturated carbocycles. The highest BCUT2D eigenvalue weighted by Crippen LogP contribution is 2.40. The van der Waals surface area contributed by atoms with Crippen molar-refractivity contribution in [3.8, 4) is 11.6 Å². The fraction of sp³-hybridized carbons (Fsp3) is 0.167. The van der Waals surface area contributed by atoms with Gasteiger partial charge in [0.25, 0.3) is 0 Å². The van der Waals surface area contributed by atoms with Crippen molar-refractivity contribution in [2.45, 2.75) is 13.8 Å². The van der Waals surface area contributed by atoms with Crippen LogP contribution in [0.1, 0.15) is 11.1 Å². The van der Waals surface area contributed by atoms with E-state index in [-0.39, 0.29) is 18.2 Å². The number of hydrogen-bond acceptors (Lipinski definition) is 4. The minimum atomic E-state index is -0.565. The number of aromatic nitrogens is 1. The Morgan fingerprint density at radius 3 is 2.59 bits per heavy atom. The largest absolute Gasteiger partial charge is 0.493 e. The Balaban J connectivity index is 1.78. The number of ether oxygens (including phenoxy) is 1. The Labute approximate surface area is 180 Å². The monoisotopic (exact) mass is 557 g/mol. The summed E-state index contributed by atoms with van der Waals surface area (Å²) in [6.45, 7) is 3.62. The molecule has 2 N–H and O–H groups in total. The van der Waals surface area contributed by atoms with Crippen LogP contribution < -0.4 is 4.74 Å². The number of aromatic hydroxyl groups is 1. The molecule has 3 rings (SSSR count). The summed E-state index contributed by atoms with van der Waals surface area (Å²) in [7, 11) is 0. The number of nitrogens with zero attached hydrogens (tertiary/aromatic N) is 2. The van der Waals surface area contributed by atoms with Crippen LogP contribution in [-0.2, 0) is 4.79 Å². The highest BCUT2D eigenvalue weighted by Gasteiger charge is 2.15. The number of benzene rings is 2. The van der Waals surface area contributed by atoms with Crippen molar-refractivity contribution in [3.05, 3.63) is 48.8 Å². The molecule has 6 nitrogen and oxygen atoms in total. The smallest absolute Gasteiger partial charge is 0.302 e. The summed E-state index contributed by atoms with van der Waals surface area (Å²) >= 11 is 10.2. The minimum absolute atomic E-state index is 0.168. The van der Waals surface area contributed by atoms with Crippen LogP contribution in [0.3, 0.4) is 0 Å². The maximum Gasteiger partial charge on any atom is 0.302 e. The normalized spacial score (nSPS) is 11.4. The fourth-order valence-electron chi connectivity index (χ4n) is 2.65. The molecule has 0 unspecified atom stereocenters. The van der Waals surface area contributed by atoms with Crippen LogP contribution >= 0.6 is 47.8 Å². The number of carbonyl (C=O) groups excluding carboxylic acids is 1. The molecule has 0 atom stereocenters. The molecule has 0 bridgehead atoms. The molecular weight excluding hydrogens is 546 g/mol. The highest BCUT2D eigenvalue weighted by molar-refractivity contribution is 9.11. The summed E-state index contributed by atoms with van der Waals surface area (Å²) in [6.07, 6.45) is 0. The van der Waals surface area contributed by atoms with Crippen LogP contribution in [0.2, 0.25) is 0 Å². The van der Waals surface area contributed by atoms with Crippen molar-refractivity contribution in [1.29, 1.82) is 0 Å². The number of amides is 1. The molecule has 0 aliphatic heterocycles. The second-order valence-corrected chi connectivity index (χ2v) is 8.53. The van der Waals surface area contributed by atoms with Crippen molar-refractivity contribution in [3.63, 3.8) is 0 Å². The number of halogens is 3. The second kappa shape index (κ2) is 8.12. The van der Waals surface area contributed by atoms with E-state index in [1.807, 2.05) is 32.0 Å². The first kappa shape index (κ1) is 20.0. The van der Waals surface area contributed by atoms with E-state index in [0.717, 1.165) is 24.5 Å². The zero-order chi connectivity index (χ0) is 19.7. The number of azo groups is 1. The van der Waals surface area contributed by atoms with Gasteiger partial charge in [0.1, 0.15) is 5.75 Å². The van der Waals surface area contributed by atoms with Gasteiger partial charge in [0, 0.05) is 14.3 Å². The van der Waals surface area contributed by atoms with Gasteiger partial charge in [-0.3, -0.25) is 4.79 Å². The Morgan fingerprint density at radius 2 is 1.89 bits per heavy atom. The molecule has 1 aromatic heterocycles. The molecule has 0 saturated heterocycles. The Kier molecular flexibility index (Phi) is 6.02. The zero-order valence-electron chi connectivity index (χ0n) is 14.3. The lowest BCUT2D eigenvalue weighted by Crippen LogP contribution is -2.09. The van der Waals surface area contributed by atoms with Crippen LogP contribution in [0.25, 0.3) is 10.9 Å². The number of H-pyrrole nitrogens is 1. The molecule has 1 heterocycles. The summed E-state index contributed by atoms with van der Waals surface area (Å²) in [4.78, 5) is 14.9. The molecule has 27 heavy (non-hydrogen) atoms. The van der Waals surface area contributed by atoms with Crippen LogP contribution in [-0.4, -0.2) is 22.6 Å². The molecular formula is C18H14Br3N3O3. The third-order valence-corrected chi connectivity index (χ3v) is 5.43. The molecule has 2 aromatic carbocycles. The van der Waals surface area contributed by atoms with Gasteiger partial charge in [-0.05, 0) is 75.0 Å². The highest BCUT2D eigenvalue weighted by atomic mass is 79.9. The van der Waals surface area contributed by atoms with Gasteiger partial charge in [-0.15, -0.1) is 10.2 Å². The zero-order valence-corrected chi connectivity index (χ0v) is 19.1. The van der Waals surface area contributed by atoms with Crippen LogP contribution in [0, 0.1) is 13.8 Å². The number of rotatable bonds is 4. The molecule has 0 aliphatic rings. The molecule has 0 aliphatic carbocycles. The molecule has 1 amide bonds. The standard InChI is InChI=1S/C18H14Br3N3O3/c1-8-3-9(2)17(13(21)4-8)27-7-14(25)23-24-16-11-5-10(19)6-12(20)15(11)22-18(16)26/h3-6,22,26H,7H2,1-2H3.